The van der Waals surface area contributed by atoms with E-state index in [1.165, 1.54) is 6.92 Å². The molecule has 1 fully saturated rings. The summed E-state index contributed by atoms with van der Waals surface area (Å²) in [6.45, 7) is 18.0. The zero-order valence-corrected chi connectivity index (χ0v) is 15.9. The first-order chi connectivity index (χ1) is 9.56. The van der Waals surface area contributed by atoms with Crippen LogP contribution in [0.1, 0.15) is 55.4 Å². The van der Waals surface area contributed by atoms with E-state index in [0.717, 1.165) is 0 Å². The predicted molar refractivity (Wildman–Crippen MR) is 90.1 cm³/mol. The lowest BCUT2D eigenvalue weighted by Crippen LogP contribution is -2.43. The number of ether oxygens (including phenoxy) is 2. The summed E-state index contributed by atoms with van der Waals surface area (Å²) in [5, 5.41) is 0. The van der Waals surface area contributed by atoms with Gasteiger partial charge in [0.1, 0.15) is 18.3 Å². The van der Waals surface area contributed by atoms with Crippen LogP contribution in [0.3, 0.4) is 0 Å². The molecule has 0 aliphatic carbocycles. The van der Waals surface area contributed by atoms with Crippen molar-refractivity contribution in [1.82, 2.24) is 0 Å². The van der Waals surface area contributed by atoms with Gasteiger partial charge in [-0.25, -0.2) is 0 Å². The summed E-state index contributed by atoms with van der Waals surface area (Å²) >= 11 is 0. The lowest BCUT2D eigenvalue weighted by molar-refractivity contribution is -0.141. The third kappa shape index (κ3) is 3.98. The summed E-state index contributed by atoms with van der Waals surface area (Å²) in [6.07, 6.45) is 2.25. The number of hydrogen-bond acceptors (Lipinski definition) is 3. The molecule has 0 spiro atoms. The highest BCUT2D eigenvalue weighted by molar-refractivity contribution is 6.88. The molecule has 4 heteroatoms. The first kappa shape index (κ1) is 18.4. The number of rotatable bonds is 7. The normalized spacial score (nSPS) is 26.1. The Morgan fingerprint density at radius 2 is 1.67 bits per heavy atom. The molecule has 3 nitrogen and oxygen atoms in total. The molecule has 0 saturated carbocycles. The molecule has 122 valence electrons. The van der Waals surface area contributed by atoms with E-state index in [2.05, 4.69) is 60.2 Å². The van der Waals surface area contributed by atoms with E-state index < -0.39 is 8.07 Å². The Balaban J connectivity index is 2.83. The van der Waals surface area contributed by atoms with Crippen LogP contribution in [-0.4, -0.2) is 32.4 Å². The van der Waals surface area contributed by atoms with Gasteiger partial charge in [-0.15, -0.1) is 0 Å². The van der Waals surface area contributed by atoms with Crippen molar-refractivity contribution in [2.75, 3.05) is 6.61 Å². The van der Waals surface area contributed by atoms with Gasteiger partial charge >= 0.3 is 5.97 Å². The molecule has 1 heterocycles. The quantitative estimate of drug-likeness (QED) is 0.395. The Morgan fingerprint density at radius 1 is 1.19 bits per heavy atom. The molecule has 1 aliphatic rings. The number of epoxide rings is 1. The number of carbonyl (C=O) groups is 1. The maximum atomic E-state index is 10.9. The van der Waals surface area contributed by atoms with E-state index in [1.54, 1.807) is 0 Å². The second kappa shape index (κ2) is 6.65. The summed E-state index contributed by atoms with van der Waals surface area (Å²) in [7, 11) is -1.54. The van der Waals surface area contributed by atoms with Crippen LogP contribution in [-0.2, 0) is 14.3 Å². The molecule has 0 unspecified atom stereocenters. The van der Waals surface area contributed by atoms with Gasteiger partial charge in [0.05, 0.1) is 8.07 Å². The molecule has 1 aliphatic heterocycles. The molecule has 0 bridgehead atoms. The average Bonchev–Trinajstić information content (AvgIpc) is 2.97. The van der Waals surface area contributed by atoms with Gasteiger partial charge in [0.15, 0.2) is 0 Å². The minimum atomic E-state index is -1.54. The fraction of sp³-hybridized carbons (Fsp3) is 0.824. The molecule has 21 heavy (non-hydrogen) atoms. The second-order valence-corrected chi connectivity index (χ2v) is 13.2. The van der Waals surface area contributed by atoms with Crippen LogP contribution in [0, 0.1) is 0 Å². The molecule has 2 atom stereocenters. The highest BCUT2D eigenvalue weighted by Crippen LogP contribution is 2.45. The molecule has 1 rings (SSSR count). The zero-order chi connectivity index (χ0) is 16.4. The van der Waals surface area contributed by atoms with Gasteiger partial charge in [0.25, 0.3) is 0 Å². The molecule has 0 aromatic carbocycles. The monoisotopic (exact) mass is 312 g/mol. The highest BCUT2D eigenvalue weighted by atomic mass is 28.3. The number of hydrogen-bond donors (Lipinski definition) is 0. The van der Waals surface area contributed by atoms with E-state index >= 15 is 0 Å². The van der Waals surface area contributed by atoms with E-state index in [-0.39, 0.29) is 17.7 Å². The fourth-order valence-electron chi connectivity index (χ4n) is 3.70. The third-order valence-electron chi connectivity index (χ3n) is 5.12. The van der Waals surface area contributed by atoms with E-state index in [9.17, 15) is 4.79 Å². The molecular weight excluding hydrogens is 280 g/mol. The van der Waals surface area contributed by atoms with Crippen LogP contribution in [0.4, 0.5) is 0 Å². The molecule has 0 N–H and O–H groups in total. The topological polar surface area (TPSA) is 38.8 Å². The van der Waals surface area contributed by atoms with Crippen LogP contribution in [0.25, 0.3) is 0 Å². The van der Waals surface area contributed by atoms with E-state index in [0.29, 0.717) is 23.2 Å². The average molecular weight is 313 g/mol. The maximum Gasteiger partial charge on any atom is 0.302 e. The highest BCUT2D eigenvalue weighted by Gasteiger charge is 2.52. The van der Waals surface area contributed by atoms with Gasteiger partial charge in [-0.05, 0) is 23.5 Å². The summed E-state index contributed by atoms with van der Waals surface area (Å²) in [5.41, 5.74) is 4.32. The van der Waals surface area contributed by atoms with Crippen LogP contribution >= 0.6 is 0 Å². The predicted octanol–water partition coefficient (Wildman–Crippen LogP) is 4.48. The summed E-state index contributed by atoms with van der Waals surface area (Å²) in [6, 6.07) is 0. The smallest absolute Gasteiger partial charge is 0.302 e. The van der Waals surface area contributed by atoms with Gasteiger partial charge in [-0.2, -0.15) is 0 Å². The Kier molecular flexibility index (Phi) is 5.84. The van der Waals surface area contributed by atoms with Crippen molar-refractivity contribution in [2.24, 2.45) is 0 Å². The molecule has 1 saturated heterocycles. The van der Waals surface area contributed by atoms with Crippen LogP contribution < -0.4 is 0 Å². The molecule has 0 aromatic heterocycles. The standard InChI is InChI=1S/C17H32O3Si/c1-12(2)21(13(3)4,14(5)6)10-9-17(8)16(20-17)11-19-15(7)18/h9-10,12-14,16H,11H2,1-8H3/b10-9+/t16-,17+/m1/s1. The minimum Gasteiger partial charge on any atom is -0.463 e. The fourth-order valence-corrected chi connectivity index (χ4v) is 9.47. The number of esters is 1. The Bertz CT molecular complexity index is 379. The largest absolute Gasteiger partial charge is 0.463 e. The van der Waals surface area contributed by atoms with Crippen molar-refractivity contribution in [3.63, 3.8) is 0 Å². The Hall–Kier alpha value is -0.613. The van der Waals surface area contributed by atoms with Crippen molar-refractivity contribution in [2.45, 2.75) is 83.7 Å². The van der Waals surface area contributed by atoms with Gasteiger partial charge in [-0.3, -0.25) is 4.79 Å². The number of carbonyl (C=O) groups excluding carboxylic acids is 1. The maximum absolute atomic E-state index is 10.9. The lowest BCUT2D eigenvalue weighted by Gasteiger charge is -2.40. The summed E-state index contributed by atoms with van der Waals surface area (Å²) < 4.78 is 10.8. The zero-order valence-electron chi connectivity index (χ0n) is 14.9. The SMILES string of the molecule is CC(=O)OC[C@H]1O[C@@]1(C)/C=C/[Si](C(C)C)(C(C)C)C(C)C. The second-order valence-electron chi connectivity index (χ2n) is 7.39. The van der Waals surface area contributed by atoms with Gasteiger partial charge in [-0.1, -0.05) is 53.3 Å². The first-order valence-electron chi connectivity index (χ1n) is 8.07. The van der Waals surface area contributed by atoms with E-state index in [4.69, 9.17) is 9.47 Å². The molecule has 0 radical (unpaired) electrons. The van der Waals surface area contributed by atoms with Gasteiger partial charge in [0, 0.05) is 6.92 Å². The van der Waals surface area contributed by atoms with Crippen LogP contribution in [0.15, 0.2) is 11.8 Å². The summed E-state index contributed by atoms with van der Waals surface area (Å²) in [4.78, 5) is 10.9. The van der Waals surface area contributed by atoms with Crippen molar-refractivity contribution in [3.8, 4) is 0 Å². The molecular formula is C17H32O3Si. The Labute approximate surface area is 131 Å². The Morgan fingerprint density at radius 3 is 2.05 bits per heavy atom. The van der Waals surface area contributed by atoms with Crippen LogP contribution in [0.5, 0.6) is 0 Å². The van der Waals surface area contributed by atoms with Gasteiger partial charge in [0.2, 0.25) is 0 Å². The van der Waals surface area contributed by atoms with E-state index in [1.807, 2.05) is 0 Å². The molecule has 0 amide bonds. The van der Waals surface area contributed by atoms with Gasteiger partial charge < -0.3 is 9.47 Å². The van der Waals surface area contributed by atoms with Crippen molar-refractivity contribution in [1.29, 1.82) is 0 Å². The van der Waals surface area contributed by atoms with Crippen molar-refractivity contribution < 1.29 is 14.3 Å². The third-order valence-corrected chi connectivity index (χ3v) is 11.9. The van der Waals surface area contributed by atoms with Crippen molar-refractivity contribution >= 4 is 14.0 Å². The minimum absolute atomic E-state index is 0.0100. The summed E-state index contributed by atoms with van der Waals surface area (Å²) in [5.74, 6) is -0.243. The first-order valence-corrected chi connectivity index (χ1v) is 10.4. The molecule has 0 aromatic rings. The van der Waals surface area contributed by atoms with Crippen molar-refractivity contribution in [3.05, 3.63) is 11.8 Å². The van der Waals surface area contributed by atoms with Crippen LogP contribution in [0.2, 0.25) is 16.6 Å². The lowest BCUT2D eigenvalue weighted by atomic mass is 10.1.